The van der Waals surface area contributed by atoms with Crippen LogP contribution in [0.1, 0.15) is 23.3 Å². The molecule has 0 unspecified atom stereocenters. The molecule has 3 heterocycles. The molecule has 0 aromatic carbocycles. The first-order valence-electron chi connectivity index (χ1n) is 6.40. The number of urea groups is 1. The number of fused-ring (bicyclic) bond motifs is 2. The van der Waals surface area contributed by atoms with E-state index >= 15 is 0 Å². The number of amides is 3. The standard InChI is InChI=1S/C12H15N5O3/c13-10(15-11(18)8-2-1-5-14-8)9-4-3-7-6-16(9)12(19)17(7)20/h1-2,5,7,9,14,20H,3-4,6H2,(H2,13,15,18)/t7-,9+/m1/s1. The van der Waals surface area contributed by atoms with Crippen molar-refractivity contribution < 1.29 is 14.8 Å². The Kier molecular flexibility index (Phi) is 2.94. The molecule has 106 valence electrons. The topological polar surface area (TPSA) is 113 Å². The summed E-state index contributed by atoms with van der Waals surface area (Å²) in [5, 5.41) is 20.8. The maximum atomic E-state index is 11.9. The molecule has 0 radical (unpaired) electrons. The Morgan fingerprint density at radius 1 is 1.50 bits per heavy atom. The number of hydrogen-bond donors (Lipinski definition) is 4. The SMILES string of the molecule is N=C(NC(=O)c1ccc[nH]1)[C@@H]1CC[C@@H]2CN1C(=O)N2O. The zero-order chi connectivity index (χ0) is 14.3. The zero-order valence-electron chi connectivity index (χ0n) is 10.7. The molecule has 1 aromatic heterocycles. The number of aromatic amines is 1. The lowest BCUT2D eigenvalue weighted by Gasteiger charge is -2.30. The van der Waals surface area contributed by atoms with Gasteiger partial charge in [0.1, 0.15) is 11.5 Å². The van der Waals surface area contributed by atoms with E-state index < -0.39 is 18.0 Å². The molecule has 2 atom stereocenters. The summed E-state index contributed by atoms with van der Waals surface area (Å²) in [4.78, 5) is 27.8. The van der Waals surface area contributed by atoms with Crippen LogP contribution < -0.4 is 5.32 Å². The number of amidine groups is 1. The highest BCUT2D eigenvalue weighted by Crippen LogP contribution is 2.28. The molecule has 2 aliphatic rings. The van der Waals surface area contributed by atoms with Crippen molar-refractivity contribution >= 4 is 17.8 Å². The van der Waals surface area contributed by atoms with Gasteiger partial charge in [-0.3, -0.25) is 15.4 Å². The fourth-order valence-corrected chi connectivity index (χ4v) is 2.70. The maximum Gasteiger partial charge on any atom is 0.344 e. The highest BCUT2D eigenvalue weighted by atomic mass is 16.5. The Morgan fingerprint density at radius 3 is 3.00 bits per heavy atom. The molecule has 0 aliphatic carbocycles. The van der Waals surface area contributed by atoms with Gasteiger partial charge in [0.25, 0.3) is 5.91 Å². The highest BCUT2D eigenvalue weighted by Gasteiger charge is 2.45. The Labute approximate surface area is 114 Å². The molecular weight excluding hydrogens is 262 g/mol. The van der Waals surface area contributed by atoms with Gasteiger partial charge >= 0.3 is 6.03 Å². The first-order chi connectivity index (χ1) is 9.58. The van der Waals surface area contributed by atoms with E-state index in [1.54, 1.807) is 18.3 Å². The van der Waals surface area contributed by atoms with Crippen LogP contribution in [0.2, 0.25) is 0 Å². The molecule has 2 fully saturated rings. The van der Waals surface area contributed by atoms with Gasteiger partial charge in [-0.2, -0.15) is 0 Å². The van der Waals surface area contributed by atoms with E-state index in [1.165, 1.54) is 4.90 Å². The molecule has 3 rings (SSSR count). The lowest BCUT2D eigenvalue weighted by Crippen LogP contribution is -2.50. The summed E-state index contributed by atoms with van der Waals surface area (Å²) >= 11 is 0. The second-order valence-electron chi connectivity index (χ2n) is 4.98. The summed E-state index contributed by atoms with van der Waals surface area (Å²) in [6, 6.07) is 2.10. The fraction of sp³-hybridized carbons (Fsp3) is 0.417. The van der Waals surface area contributed by atoms with Crippen LogP contribution >= 0.6 is 0 Å². The predicted molar refractivity (Wildman–Crippen MR) is 68.5 cm³/mol. The number of hydroxylamine groups is 2. The minimum absolute atomic E-state index is 0.0216. The number of H-pyrrole nitrogens is 1. The number of hydrogen-bond acceptors (Lipinski definition) is 4. The van der Waals surface area contributed by atoms with E-state index in [1.807, 2.05) is 0 Å². The van der Waals surface area contributed by atoms with Crippen LogP contribution in [0.5, 0.6) is 0 Å². The molecule has 2 saturated heterocycles. The van der Waals surface area contributed by atoms with Crippen LogP contribution in [-0.4, -0.2) is 56.6 Å². The van der Waals surface area contributed by atoms with Crippen molar-refractivity contribution in [1.82, 2.24) is 20.3 Å². The molecule has 8 nitrogen and oxygen atoms in total. The summed E-state index contributed by atoms with van der Waals surface area (Å²) in [7, 11) is 0. The molecule has 3 amide bonds. The van der Waals surface area contributed by atoms with E-state index in [9.17, 15) is 14.8 Å². The third kappa shape index (κ3) is 1.94. The van der Waals surface area contributed by atoms with Crippen molar-refractivity contribution in [3.05, 3.63) is 24.0 Å². The Morgan fingerprint density at radius 2 is 2.30 bits per heavy atom. The van der Waals surface area contributed by atoms with Gasteiger partial charge in [-0.15, -0.1) is 0 Å². The van der Waals surface area contributed by atoms with Gasteiger partial charge in [0.15, 0.2) is 0 Å². The summed E-state index contributed by atoms with van der Waals surface area (Å²) in [6.07, 6.45) is 2.79. The average molecular weight is 277 g/mol. The summed E-state index contributed by atoms with van der Waals surface area (Å²) < 4.78 is 0. The van der Waals surface area contributed by atoms with Crippen LogP contribution in [0.3, 0.4) is 0 Å². The summed E-state index contributed by atoms with van der Waals surface area (Å²) in [5.41, 5.74) is 0.361. The third-order valence-corrected chi connectivity index (χ3v) is 3.77. The Balaban J connectivity index is 1.69. The van der Waals surface area contributed by atoms with Crippen LogP contribution in [0.4, 0.5) is 4.79 Å². The van der Waals surface area contributed by atoms with Gasteiger partial charge in [-0.05, 0) is 25.0 Å². The molecular formula is C12H15N5O3. The van der Waals surface area contributed by atoms with Gasteiger partial charge in [0, 0.05) is 12.7 Å². The zero-order valence-corrected chi connectivity index (χ0v) is 10.7. The van der Waals surface area contributed by atoms with Gasteiger partial charge in [-0.25, -0.2) is 9.86 Å². The smallest absolute Gasteiger partial charge is 0.344 e. The lowest BCUT2D eigenvalue weighted by molar-refractivity contribution is -0.0583. The normalized spacial score (nSPS) is 24.9. The summed E-state index contributed by atoms with van der Waals surface area (Å²) in [5.74, 6) is -0.429. The number of aromatic nitrogens is 1. The molecule has 2 bridgehead atoms. The van der Waals surface area contributed by atoms with Crippen LogP contribution in [0.25, 0.3) is 0 Å². The van der Waals surface area contributed by atoms with Gasteiger partial charge < -0.3 is 15.2 Å². The van der Waals surface area contributed by atoms with Gasteiger partial charge in [-0.1, -0.05) is 0 Å². The molecule has 0 saturated carbocycles. The number of carbonyl (C=O) groups is 2. The number of nitrogens with zero attached hydrogens (tertiary/aromatic N) is 2. The first-order valence-corrected chi connectivity index (χ1v) is 6.40. The van der Waals surface area contributed by atoms with Gasteiger partial charge in [0.2, 0.25) is 0 Å². The van der Waals surface area contributed by atoms with Crippen molar-refractivity contribution in [1.29, 1.82) is 5.41 Å². The average Bonchev–Trinajstić information content (AvgIpc) is 3.04. The van der Waals surface area contributed by atoms with E-state index in [2.05, 4.69) is 10.3 Å². The van der Waals surface area contributed by atoms with Crippen molar-refractivity contribution in [3.63, 3.8) is 0 Å². The van der Waals surface area contributed by atoms with E-state index in [0.717, 1.165) is 5.06 Å². The van der Waals surface area contributed by atoms with Crippen molar-refractivity contribution in [2.24, 2.45) is 0 Å². The van der Waals surface area contributed by atoms with E-state index in [4.69, 9.17) is 5.41 Å². The first kappa shape index (κ1) is 12.7. The van der Waals surface area contributed by atoms with Crippen molar-refractivity contribution in [2.75, 3.05) is 6.54 Å². The quantitative estimate of drug-likeness (QED) is 0.356. The molecule has 0 spiro atoms. The summed E-state index contributed by atoms with van der Waals surface area (Å²) in [6.45, 7) is 0.390. The number of rotatable bonds is 2. The minimum Gasteiger partial charge on any atom is -0.357 e. The van der Waals surface area contributed by atoms with E-state index in [0.29, 0.717) is 25.1 Å². The highest BCUT2D eigenvalue weighted by molar-refractivity contribution is 6.06. The van der Waals surface area contributed by atoms with Crippen LogP contribution in [-0.2, 0) is 0 Å². The molecule has 2 aliphatic heterocycles. The number of nitrogens with one attached hydrogen (secondary N) is 3. The number of piperidine rings is 1. The molecule has 8 heteroatoms. The minimum atomic E-state index is -0.503. The fourth-order valence-electron chi connectivity index (χ4n) is 2.70. The predicted octanol–water partition coefficient (Wildman–Crippen LogP) is 0.380. The second-order valence-corrected chi connectivity index (χ2v) is 4.98. The Bertz CT molecular complexity index is 555. The number of carbonyl (C=O) groups excluding carboxylic acids is 2. The van der Waals surface area contributed by atoms with Crippen molar-refractivity contribution in [2.45, 2.75) is 24.9 Å². The lowest BCUT2D eigenvalue weighted by atomic mass is 10.00. The van der Waals surface area contributed by atoms with Gasteiger partial charge in [0.05, 0.1) is 12.1 Å². The largest absolute Gasteiger partial charge is 0.357 e. The van der Waals surface area contributed by atoms with Crippen LogP contribution in [0, 0.1) is 5.41 Å². The second kappa shape index (κ2) is 4.64. The molecule has 1 aromatic rings. The van der Waals surface area contributed by atoms with Crippen molar-refractivity contribution in [3.8, 4) is 0 Å². The van der Waals surface area contributed by atoms with E-state index in [-0.39, 0.29) is 11.9 Å². The molecule has 4 N–H and O–H groups in total. The Hall–Kier alpha value is -2.35. The van der Waals surface area contributed by atoms with Crippen LogP contribution in [0.15, 0.2) is 18.3 Å². The monoisotopic (exact) mass is 277 g/mol. The maximum absolute atomic E-state index is 11.9. The third-order valence-electron chi connectivity index (χ3n) is 3.77. The molecule has 20 heavy (non-hydrogen) atoms.